The molecule has 1 aliphatic rings. The predicted molar refractivity (Wildman–Crippen MR) is 131 cm³/mol. The maximum absolute atomic E-state index is 10.6. The second-order valence-corrected chi connectivity index (χ2v) is 7.63. The molecule has 0 bridgehead atoms. The van der Waals surface area contributed by atoms with Gasteiger partial charge in [-0.3, -0.25) is 0 Å². The van der Waals surface area contributed by atoms with Gasteiger partial charge in [-0.05, 0) is 50.5 Å². The van der Waals surface area contributed by atoms with Crippen molar-refractivity contribution in [1.82, 2.24) is 10.6 Å². The summed E-state index contributed by atoms with van der Waals surface area (Å²) in [7, 11) is 1.70. The van der Waals surface area contributed by atoms with Gasteiger partial charge in [0.25, 0.3) is 0 Å². The number of hydrogen-bond acceptors (Lipinski definition) is 5. The van der Waals surface area contributed by atoms with E-state index in [0.29, 0.717) is 17.6 Å². The smallest absolute Gasteiger partial charge is 0.191 e. The van der Waals surface area contributed by atoms with E-state index >= 15 is 0 Å². The van der Waals surface area contributed by atoms with Gasteiger partial charge in [-0.2, -0.15) is 0 Å². The van der Waals surface area contributed by atoms with Gasteiger partial charge in [0.05, 0.1) is 19.9 Å². The Labute approximate surface area is 195 Å². The van der Waals surface area contributed by atoms with E-state index in [9.17, 15) is 5.11 Å². The van der Waals surface area contributed by atoms with Crippen molar-refractivity contribution in [2.24, 2.45) is 10.9 Å². The van der Waals surface area contributed by atoms with Crippen molar-refractivity contribution in [3.8, 4) is 5.75 Å². The number of nitrogens with zero attached hydrogens (tertiary/aromatic N) is 2. The van der Waals surface area contributed by atoms with Crippen molar-refractivity contribution < 1.29 is 14.3 Å². The lowest BCUT2D eigenvalue weighted by Gasteiger charge is -2.21. The highest BCUT2D eigenvalue weighted by atomic mass is 127. The number of guanidine groups is 1. The highest BCUT2D eigenvalue weighted by molar-refractivity contribution is 14.0. The van der Waals surface area contributed by atoms with E-state index in [1.165, 1.54) is 5.69 Å². The zero-order chi connectivity index (χ0) is 20.7. The van der Waals surface area contributed by atoms with Crippen LogP contribution in [0.5, 0.6) is 5.75 Å². The molecule has 1 fully saturated rings. The molecule has 0 spiro atoms. The van der Waals surface area contributed by atoms with Gasteiger partial charge in [0, 0.05) is 37.9 Å². The molecule has 1 aliphatic heterocycles. The molecule has 1 aromatic heterocycles. The third-order valence-corrected chi connectivity index (χ3v) is 5.20. The van der Waals surface area contributed by atoms with Crippen LogP contribution in [-0.4, -0.2) is 50.9 Å². The molecule has 0 saturated carbocycles. The molecule has 2 unspecified atom stereocenters. The molecule has 3 rings (SSSR count). The standard InChI is InChI=1S/C22H32N4O3.HI/c1-4-23-21(25-16-22(2,27)20-9-6-12-29-20)24-14-17-10-11-26(15-17)18-7-5-8-19(13-18)28-3;/h5-9,12-13,17,27H,4,10-11,14-16H2,1-3H3,(H2,23,24,25);1H. The zero-order valence-corrected chi connectivity index (χ0v) is 20.3. The summed E-state index contributed by atoms with van der Waals surface area (Å²) < 4.78 is 10.7. The van der Waals surface area contributed by atoms with Crippen molar-refractivity contribution in [2.75, 3.05) is 44.7 Å². The Hall–Kier alpha value is -1.94. The SMILES string of the molecule is CCNC(=NCC(C)(O)c1ccco1)NCC1CCN(c2cccc(OC)c2)C1.I. The number of nitrogens with one attached hydrogen (secondary N) is 2. The number of anilines is 1. The molecule has 166 valence electrons. The summed E-state index contributed by atoms with van der Waals surface area (Å²) in [6, 6.07) is 11.7. The average molecular weight is 528 g/mol. The molecule has 3 N–H and O–H groups in total. The topological polar surface area (TPSA) is 82.3 Å². The van der Waals surface area contributed by atoms with Crippen LogP contribution in [0.25, 0.3) is 0 Å². The number of aliphatic hydroxyl groups is 1. The maximum atomic E-state index is 10.6. The zero-order valence-electron chi connectivity index (χ0n) is 17.9. The summed E-state index contributed by atoms with van der Waals surface area (Å²) in [6.07, 6.45) is 2.68. The van der Waals surface area contributed by atoms with Crippen LogP contribution in [0.2, 0.25) is 0 Å². The van der Waals surface area contributed by atoms with E-state index in [4.69, 9.17) is 9.15 Å². The fourth-order valence-corrected chi connectivity index (χ4v) is 3.52. The van der Waals surface area contributed by atoms with Crippen LogP contribution in [0.15, 0.2) is 52.1 Å². The quantitative estimate of drug-likeness (QED) is 0.278. The second kappa shape index (κ2) is 11.5. The molecule has 7 nitrogen and oxygen atoms in total. The Balaban J connectivity index is 0.00000320. The Morgan fingerprint density at radius 2 is 2.17 bits per heavy atom. The predicted octanol–water partition coefficient (Wildman–Crippen LogP) is 3.20. The molecule has 2 aromatic rings. The van der Waals surface area contributed by atoms with Crippen LogP contribution in [0.1, 0.15) is 26.0 Å². The Kier molecular flexibility index (Phi) is 9.29. The number of aliphatic imine (C=N–C) groups is 1. The van der Waals surface area contributed by atoms with E-state index in [1.54, 1.807) is 32.4 Å². The first-order chi connectivity index (χ1) is 14.0. The number of methoxy groups -OCH3 is 1. The van der Waals surface area contributed by atoms with E-state index in [0.717, 1.165) is 38.3 Å². The molecule has 8 heteroatoms. The van der Waals surface area contributed by atoms with Crippen LogP contribution in [0.4, 0.5) is 5.69 Å². The van der Waals surface area contributed by atoms with E-state index in [-0.39, 0.29) is 30.5 Å². The Bertz CT molecular complexity index is 795. The van der Waals surface area contributed by atoms with Gasteiger partial charge in [0.2, 0.25) is 0 Å². The fraction of sp³-hybridized carbons (Fsp3) is 0.500. The number of hydrogen-bond donors (Lipinski definition) is 3. The first-order valence-corrected chi connectivity index (χ1v) is 10.2. The first-order valence-electron chi connectivity index (χ1n) is 10.2. The maximum Gasteiger partial charge on any atom is 0.191 e. The van der Waals surface area contributed by atoms with Gasteiger partial charge in [0.15, 0.2) is 5.96 Å². The van der Waals surface area contributed by atoms with Crippen LogP contribution in [0.3, 0.4) is 0 Å². The van der Waals surface area contributed by atoms with Crippen molar-refractivity contribution in [3.63, 3.8) is 0 Å². The fourth-order valence-electron chi connectivity index (χ4n) is 3.52. The van der Waals surface area contributed by atoms with Gasteiger partial charge in [0.1, 0.15) is 17.1 Å². The molecule has 2 atom stereocenters. The lowest BCUT2D eigenvalue weighted by molar-refractivity contribution is 0.0437. The lowest BCUT2D eigenvalue weighted by Crippen LogP contribution is -2.41. The van der Waals surface area contributed by atoms with Crippen molar-refractivity contribution >= 4 is 35.6 Å². The molecule has 2 heterocycles. The average Bonchev–Trinajstić information content (AvgIpc) is 3.43. The van der Waals surface area contributed by atoms with Gasteiger partial charge in [-0.15, -0.1) is 24.0 Å². The molecule has 1 aromatic carbocycles. The van der Waals surface area contributed by atoms with Crippen molar-refractivity contribution in [3.05, 3.63) is 48.4 Å². The van der Waals surface area contributed by atoms with Gasteiger partial charge >= 0.3 is 0 Å². The number of benzene rings is 1. The molecular formula is C22H33IN4O3. The highest BCUT2D eigenvalue weighted by Crippen LogP contribution is 2.26. The lowest BCUT2D eigenvalue weighted by atomic mass is 10.0. The number of ether oxygens (including phenoxy) is 1. The summed E-state index contributed by atoms with van der Waals surface area (Å²) >= 11 is 0. The van der Waals surface area contributed by atoms with Crippen LogP contribution in [-0.2, 0) is 5.60 Å². The van der Waals surface area contributed by atoms with Gasteiger partial charge < -0.3 is 29.8 Å². The van der Waals surface area contributed by atoms with Gasteiger partial charge in [-0.25, -0.2) is 4.99 Å². The largest absolute Gasteiger partial charge is 0.497 e. The molecule has 0 aliphatic carbocycles. The Morgan fingerprint density at radius 1 is 1.33 bits per heavy atom. The monoisotopic (exact) mass is 528 g/mol. The summed E-state index contributed by atoms with van der Waals surface area (Å²) in [6.45, 7) is 7.56. The Morgan fingerprint density at radius 3 is 2.87 bits per heavy atom. The van der Waals surface area contributed by atoms with Crippen LogP contribution >= 0.6 is 24.0 Å². The number of halogens is 1. The van der Waals surface area contributed by atoms with Crippen molar-refractivity contribution in [2.45, 2.75) is 25.9 Å². The normalized spacial score (nSPS) is 18.5. The summed E-state index contributed by atoms with van der Waals surface area (Å²) in [4.78, 5) is 6.95. The van der Waals surface area contributed by atoms with E-state index in [1.807, 2.05) is 19.1 Å². The van der Waals surface area contributed by atoms with Crippen LogP contribution < -0.4 is 20.3 Å². The van der Waals surface area contributed by atoms with Crippen LogP contribution in [0, 0.1) is 5.92 Å². The minimum absolute atomic E-state index is 0. The molecule has 1 saturated heterocycles. The first kappa shape index (κ1) is 24.3. The van der Waals surface area contributed by atoms with Crippen molar-refractivity contribution in [1.29, 1.82) is 0 Å². The second-order valence-electron chi connectivity index (χ2n) is 7.63. The molecule has 30 heavy (non-hydrogen) atoms. The molecule has 0 radical (unpaired) electrons. The van der Waals surface area contributed by atoms with E-state index < -0.39 is 5.60 Å². The molecular weight excluding hydrogens is 495 g/mol. The number of rotatable bonds is 8. The minimum Gasteiger partial charge on any atom is -0.497 e. The summed E-state index contributed by atoms with van der Waals surface area (Å²) in [5, 5.41) is 17.3. The van der Waals surface area contributed by atoms with E-state index in [2.05, 4.69) is 32.7 Å². The van der Waals surface area contributed by atoms with Gasteiger partial charge in [-0.1, -0.05) is 6.07 Å². The molecule has 0 amide bonds. The highest BCUT2D eigenvalue weighted by Gasteiger charge is 2.26. The summed E-state index contributed by atoms with van der Waals surface area (Å²) in [5.74, 6) is 2.63. The summed E-state index contributed by atoms with van der Waals surface area (Å²) in [5.41, 5.74) is 0.0597. The minimum atomic E-state index is -1.14. The number of furan rings is 1. The third kappa shape index (κ3) is 6.53. The third-order valence-electron chi connectivity index (χ3n) is 5.20.